The summed E-state index contributed by atoms with van der Waals surface area (Å²) < 4.78 is 34.3. The summed E-state index contributed by atoms with van der Waals surface area (Å²) in [5, 5.41) is 5.04. The number of aryl methyl sites for hydroxylation is 1. The lowest BCUT2D eigenvalue weighted by atomic mass is 10.4. The van der Waals surface area contributed by atoms with E-state index in [1.54, 1.807) is 6.92 Å². The molecule has 1 aromatic rings. The maximum Gasteiger partial charge on any atom is 0.355 e. The largest absolute Gasteiger partial charge is 0.459 e. The molecule has 0 bridgehead atoms. The highest BCUT2D eigenvalue weighted by atomic mass is 32.2. The van der Waals surface area contributed by atoms with Gasteiger partial charge in [-0.1, -0.05) is 0 Å². The first-order chi connectivity index (χ1) is 9.25. The smallest absolute Gasteiger partial charge is 0.355 e. The second kappa shape index (κ2) is 6.87. The topological polar surface area (TPSA) is 101 Å². The number of carbonyl (C=O) groups is 1. The van der Waals surface area contributed by atoms with Gasteiger partial charge in [-0.05, 0) is 26.8 Å². The van der Waals surface area contributed by atoms with Gasteiger partial charge in [0.1, 0.15) is 17.2 Å². The van der Waals surface area contributed by atoms with E-state index in [2.05, 4.69) is 0 Å². The van der Waals surface area contributed by atoms with Crippen molar-refractivity contribution < 1.29 is 22.7 Å². The van der Waals surface area contributed by atoms with Crippen LogP contribution in [0.15, 0.2) is 17.2 Å². The number of nitrogens with two attached hydrogens (primary N) is 1. The van der Waals surface area contributed by atoms with Crippen LogP contribution < -0.4 is 5.14 Å². The van der Waals surface area contributed by atoms with Crippen LogP contribution in [0.2, 0.25) is 0 Å². The van der Waals surface area contributed by atoms with Crippen LogP contribution in [0, 0.1) is 0 Å². The molecule has 0 saturated carbocycles. The first-order valence-corrected chi connectivity index (χ1v) is 7.82. The third-order valence-corrected chi connectivity index (χ3v) is 3.40. The average Bonchev–Trinajstić information content (AvgIpc) is 2.78. The van der Waals surface area contributed by atoms with Gasteiger partial charge in [0.25, 0.3) is 0 Å². The molecule has 0 aliphatic rings. The summed E-state index contributed by atoms with van der Waals surface area (Å²) in [6, 6.07) is 1.21. The highest BCUT2D eigenvalue weighted by Crippen LogP contribution is 2.14. The first-order valence-electron chi connectivity index (χ1n) is 6.27. The van der Waals surface area contributed by atoms with Gasteiger partial charge in [0.2, 0.25) is 10.0 Å². The molecule has 0 aromatic carbocycles. The van der Waals surface area contributed by atoms with Crippen LogP contribution in [0.25, 0.3) is 0 Å². The zero-order valence-corrected chi connectivity index (χ0v) is 12.6. The molecule has 0 radical (unpaired) electrons. The number of hydrogen-bond acceptors (Lipinski definition) is 5. The second-order valence-electron chi connectivity index (χ2n) is 4.45. The Balaban J connectivity index is 2.75. The Morgan fingerprint density at radius 3 is 2.55 bits per heavy atom. The van der Waals surface area contributed by atoms with Crippen molar-refractivity contribution in [3.8, 4) is 0 Å². The predicted octanol–water partition coefficient (Wildman–Crippen LogP) is 0.737. The fraction of sp³-hybridized carbons (Fsp3) is 0.583. The number of aromatic nitrogens is 1. The van der Waals surface area contributed by atoms with E-state index in [1.165, 1.54) is 16.8 Å². The summed E-state index contributed by atoms with van der Waals surface area (Å²) in [5.41, 5.74) is 0.154. The quantitative estimate of drug-likeness (QED) is 0.591. The average molecular weight is 304 g/mol. The van der Waals surface area contributed by atoms with Crippen molar-refractivity contribution in [1.29, 1.82) is 0 Å². The summed E-state index contributed by atoms with van der Waals surface area (Å²) in [4.78, 5) is 11.8. The van der Waals surface area contributed by atoms with Gasteiger partial charge >= 0.3 is 5.97 Å². The molecule has 0 spiro atoms. The van der Waals surface area contributed by atoms with E-state index in [0.717, 1.165) is 0 Å². The fourth-order valence-corrected chi connectivity index (χ4v) is 2.11. The molecule has 0 amide bonds. The van der Waals surface area contributed by atoms with Crippen molar-refractivity contribution in [2.24, 2.45) is 5.14 Å². The van der Waals surface area contributed by atoms with Crippen molar-refractivity contribution in [2.75, 3.05) is 13.2 Å². The second-order valence-corrected chi connectivity index (χ2v) is 6.01. The van der Waals surface area contributed by atoms with Gasteiger partial charge in [0, 0.05) is 12.7 Å². The predicted molar refractivity (Wildman–Crippen MR) is 72.8 cm³/mol. The van der Waals surface area contributed by atoms with Gasteiger partial charge in [-0.3, -0.25) is 0 Å². The minimum absolute atomic E-state index is 0.0576. The molecule has 7 nitrogen and oxygen atoms in total. The summed E-state index contributed by atoms with van der Waals surface area (Å²) in [6.07, 6.45) is 1.37. The maximum atomic E-state index is 11.9. The van der Waals surface area contributed by atoms with E-state index in [-0.39, 0.29) is 29.9 Å². The summed E-state index contributed by atoms with van der Waals surface area (Å²) in [7, 11) is -3.84. The molecule has 2 N–H and O–H groups in total. The number of carbonyl (C=O) groups excluding carboxylic acids is 1. The molecule has 1 heterocycles. The lowest BCUT2D eigenvalue weighted by molar-refractivity contribution is 0.0169. The molecule has 1 rings (SSSR count). The zero-order valence-electron chi connectivity index (χ0n) is 11.8. The van der Waals surface area contributed by atoms with Gasteiger partial charge in [-0.25, -0.2) is 18.4 Å². The van der Waals surface area contributed by atoms with E-state index >= 15 is 0 Å². The lowest BCUT2D eigenvalue weighted by Gasteiger charge is -2.09. The van der Waals surface area contributed by atoms with Crippen LogP contribution >= 0.6 is 0 Å². The van der Waals surface area contributed by atoms with E-state index in [4.69, 9.17) is 14.6 Å². The number of ether oxygens (including phenoxy) is 2. The molecule has 0 atom stereocenters. The van der Waals surface area contributed by atoms with Crippen molar-refractivity contribution in [1.82, 2.24) is 4.57 Å². The van der Waals surface area contributed by atoms with E-state index in [0.29, 0.717) is 6.54 Å². The van der Waals surface area contributed by atoms with Crippen molar-refractivity contribution >= 4 is 16.0 Å². The van der Waals surface area contributed by atoms with Gasteiger partial charge in [-0.2, -0.15) is 0 Å². The van der Waals surface area contributed by atoms with E-state index in [1.807, 2.05) is 13.8 Å². The number of sulfonamides is 1. The molecular weight excluding hydrogens is 284 g/mol. The molecule has 20 heavy (non-hydrogen) atoms. The Labute approximate surface area is 118 Å². The molecule has 114 valence electrons. The summed E-state index contributed by atoms with van der Waals surface area (Å²) in [5.74, 6) is -0.603. The van der Waals surface area contributed by atoms with Crippen molar-refractivity contribution in [3.05, 3.63) is 18.0 Å². The number of rotatable bonds is 7. The lowest BCUT2D eigenvalue weighted by Crippen LogP contribution is -2.16. The van der Waals surface area contributed by atoms with Crippen molar-refractivity contribution in [2.45, 2.75) is 38.3 Å². The Hall–Kier alpha value is -1.38. The number of primary sulfonamides is 1. The number of nitrogens with zero attached hydrogens (tertiary/aromatic N) is 1. The molecule has 0 saturated heterocycles. The molecule has 1 aromatic heterocycles. The highest BCUT2D eigenvalue weighted by molar-refractivity contribution is 7.89. The Kier molecular flexibility index (Phi) is 5.73. The highest BCUT2D eigenvalue weighted by Gasteiger charge is 2.19. The van der Waals surface area contributed by atoms with Crippen LogP contribution in [-0.2, 0) is 26.0 Å². The fourth-order valence-electron chi connectivity index (χ4n) is 1.56. The van der Waals surface area contributed by atoms with Crippen molar-refractivity contribution in [3.63, 3.8) is 0 Å². The molecule has 0 unspecified atom stereocenters. The van der Waals surface area contributed by atoms with Crippen LogP contribution in [0.5, 0.6) is 0 Å². The third kappa shape index (κ3) is 4.62. The van der Waals surface area contributed by atoms with Gasteiger partial charge in [-0.15, -0.1) is 0 Å². The monoisotopic (exact) mass is 304 g/mol. The first kappa shape index (κ1) is 16.7. The van der Waals surface area contributed by atoms with Crippen LogP contribution in [0.3, 0.4) is 0 Å². The summed E-state index contributed by atoms with van der Waals surface area (Å²) in [6.45, 7) is 6.37. The third-order valence-electron chi connectivity index (χ3n) is 2.52. The van der Waals surface area contributed by atoms with Gasteiger partial charge < -0.3 is 14.0 Å². The Bertz CT molecular complexity index is 562. The minimum Gasteiger partial charge on any atom is -0.459 e. The number of esters is 1. The van der Waals surface area contributed by atoms with Crippen LogP contribution in [0.4, 0.5) is 0 Å². The van der Waals surface area contributed by atoms with Crippen LogP contribution in [0.1, 0.15) is 31.3 Å². The molecule has 8 heteroatoms. The molecule has 0 aliphatic carbocycles. The Morgan fingerprint density at radius 2 is 2.05 bits per heavy atom. The number of hydrogen-bond donors (Lipinski definition) is 1. The Morgan fingerprint density at radius 1 is 1.40 bits per heavy atom. The molecular formula is C12H20N2O5S. The standard InChI is InChI=1S/C12H20N2O5S/c1-4-14-8-10(20(13,16)17)7-11(14)12(15)19-6-5-18-9(2)3/h7-9H,4-6H2,1-3H3,(H2,13,16,17). The molecule has 0 fully saturated rings. The van der Waals surface area contributed by atoms with Crippen LogP contribution in [-0.4, -0.2) is 38.3 Å². The van der Waals surface area contributed by atoms with Gasteiger partial charge in [0.05, 0.1) is 12.7 Å². The summed E-state index contributed by atoms with van der Waals surface area (Å²) >= 11 is 0. The zero-order chi connectivity index (χ0) is 15.3. The molecule has 0 aliphatic heterocycles. The van der Waals surface area contributed by atoms with E-state index in [9.17, 15) is 13.2 Å². The van der Waals surface area contributed by atoms with Gasteiger partial charge in [0.15, 0.2) is 0 Å². The SMILES string of the molecule is CCn1cc(S(N)(=O)=O)cc1C(=O)OCCOC(C)C. The normalized spacial score (nSPS) is 11.8. The minimum atomic E-state index is -3.84. The van der Waals surface area contributed by atoms with E-state index < -0.39 is 16.0 Å². The maximum absolute atomic E-state index is 11.9.